The van der Waals surface area contributed by atoms with Crippen LogP contribution in [0.3, 0.4) is 0 Å². The van der Waals surface area contributed by atoms with Crippen molar-refractivity contribution >= 4 is 16.9 Å². The third-order valence-corrected chi connectivity index (χ3v) is 7.62. The van der Waals surface area contributed by atoms with E-state index in [-0.39, 0.29) is 39.9 Å². The Morgan fingerprint density at radius 3 is 2.02 bits per heavy atom. The van der Waals surface area contributed by atoms with Crippen molar-refractivity contribution in [3.8, 4) is 22.6 Å². The number of benzene rings is 2. The van der Waals surface area contributed by atoms with Crippen molar-refractivity contribution in [2.75, 3.05) is 20.3 Å². The summed E-state index contributed by atoms with van der Waals surface area (Å²) in [4.78, 5) is 25.8. The van der Waals surface area contributed by atoms with Gasteiger partial charge in [0.2, 0.25) is 0 Å². The molecule has 2 atom stereocenters. The zero-order valence-corrected chi connectivity index (χ0v) is 26.0. The van der Waals surface area contributed by atoms with Crippen LogP contribution in [0.5, 0.6) is 11.5 Å². The summed E-state index contributed by atoms with van der Waals surface area (Å²) in [6.07, 6.45) is -9.35. The average Bonchev–Trinajstić information content (AvgIpc) is 2.89. The summed E-state index contributed by atoms with van der Waals surface area (Å²) < 4.78 is 104. The molecule has 1 aromatic heterocycles. The Labute approximate surface area is 256 Å². The van der Waals surface area contributed by atoms with Gasteiger partial charge in [-0.25, -0.2) is 4.79 Å². The number of hydrogen-bond donors (Lipinski definition) is 1. The third-order valence-electron chi connectivity index (χ3n) is 7.62. The Kier molecular flexibility index (Phi) is 9.98. The fourth-order valence-corrected chi connectivity index (χ4v) is 4.88. The molecule has 0 aliphatic carbocycles. The molecule has 2 N–H and O–H groups in total. The Morgan fingerprint density at radius 1 is 0.867 bits per heavy atom. The maximum absolute atomic E-state index is 13.9. The van der Waals surface area contributed by atoms with E-state index < -0.39 is 65.2 Å². The highest BCUT2D eigenvalue weighted by atomic mass is 19.4. The van der Waals surface area contributed by atoms with E-state index in [1.807, 2.05) is 20.8 Å². The van der Waals surface area contributed by atoms with Gasteiger partial charge in [0.1, 0.15) is 36.2 Å². The molecule has 7 nitrogen and oxygen atoms in total. The molecular formula is C32H37F6NO6. The normalized spacial score (nSPS) is 15.0. The monoisotopic (exact) mass is 645 g/mol. The van der Waals surface area contributed by atoms with Gasteiger partial charge in [0.05, 0.1) is 23.7 Å². The van der Waals surface area contributed by atoms with Gasteiger partial charge in [0.15, 0.2) is 0 Å². The predicted octanol–water partition coefficient (Wildman–Crippen LogP) is 7.77. The summed E-state index contributed by atoms with van der Waals surface area (Å²) in [5.74, 6) is -3.25. The molecule has 0 bridgehead atoms. The molecule has 13 heteroatoms. The SMILES string of the molecule is COc1ccc(-c2cc3ccc(OCC(COC(=O)C(C)(CC(C)(C)C)C(C)(C)N)C(F)(F)F)cc3oc2=O)c(C(F)(F)F)c1. The lowest BCUT2D eigenvalue weighted by Gasteiger charge is -2.43. The molecule has 0 spiro atoms. The molecule has 3 aromatic rings. The second kappa shape index (κ2) is 12.6. The summed E-state index contributed by atoms with van der Waals surface area (Å²) in [6, 6.07) is 8.05. The Bertz CT molecular complexity index is 1580. The number of halogens is 6. The standard InChI is InChI=1S/C32H37F6NO6/c1-28(2,3)17-30(6,29(4,5)39)27(41)44-16-19(31(33,34)35)15-43-21-9-8-18-12-23(26(40)45-25(18)14-21)22-11-10-20(42-7)13-24(22)32(36,37)38/h8-14,19H,15-17,39H2,1-7H3. The van der Waals surface area contributed by atoms with E-state index >= 15 is 0 Å². The number of methoxy groups -OCH3 is 1. The summed E-state index contributed by atoms with van der Waals surface area (Å²) in [6.45, 7) is 8.45. The van der Waals surface area contributed by atoms with Gasteiger partial charge < -0.3 is 24.4 Å². The number of hydrogen-bond acceptors (Lipinski definition) is 7. The van der Waals surface area contributed by atoms with E-state index in [1.165, 1.54) is 31.4 Å². The van der Waals surface area contributed by atoms with Crippen molar-refractivity contribution in [1.29, 1.82) is 0 Å². The largest absolute Gasteiger partial charge is 0.497 e. The Morgan fingerprint density at radius 2 is 1.49 bits per heavy atom. The molecule has 1 heterocycles. The minimum Gasteiger partial charge on any atom is -0.497 e. The highest BCUT2D eigenvalue weighted by molar-refractivity contribution is 5.83. The second-order valence-electron chi connectivity index (χ2n) is 13.0. The lowest BCUT2D eigenvalue weighted by atomic mass is 9.65. The van der Waals surface area contributed by atoms with Crippen molar-refractivity contribution in [1.82, 2.24) is 0 Å². The van der Waals surface area contributed by atoms with Crippen LogP contribution in [0.2, 0.25) is 0 Å². The molecule has 3 rings (SSSR count). The average molecular weight is 646 g/mol. The van der Waals surface area contributed by atoms with Crippen LogP contribution in [0.1, 0.15) is 53.5 Å². The quantitative estimate of drug-likeness (QED) is 0.137. The van der Waals surface area contributed by atoms with E-state index in [0.29, 0.717) is 0 Å². The van der Waals surface area contributed by atoms with E-state index in [4.69, 9.17) is 24.4 Å². The zero-order valence-electron chi connectivity index (χ0n) is 26.0. The van der Waals surface area contributed by atoms with Crippen LogP contribution >= 0.6 is 0 Å². The summed E-state index contributed by atoms with van der Waals surface area (Å²) in [7, 11) is 1.20. The third kappa shape index (κ3) is 8.50. The molecular weight excluding hydrogens is 608 g/mol. The topological polar surface area (TPSA) is 101 Å². The first-order valence-corrected chi connectivity index (χ1v) is 14.0. The first-order chi connectivity index (χ1) is 20.5. The number of alkyl halides is 6. The first kappa shape index (κ1) is 35.7. The number of carbonyl (C=O) groups excluding carboxylic acids is 1. The van der Waals surface area contributed by atoms with Crippen LogP contribution in [-0.2, 0) is 15.7 Å². The molecule has 0 fully saturated rings. The van der Waals surface area contributed by atoms with Crippen molar-refractivity contribution in [3.63, 3.8) is 0 Å². The Hall–Kier alpha value is -3.74. The first-order valence-electron chi connectivity index (χ1n) is 14.0. The van der Waals surface area contributed by atoms with Gasteiger partial charge in [-0.3, -0.25) is 4.79 Å². The lowest BCUT2D eigenvalue weighted by molar-refractivity contribution is -0.201. The van der Waals surface area contributed by atoms with E-state index in [0.717, 1.165) is 18.2 Å². The minimum atomic E-state index is -4.81. The van der Waals surface area contributed by atoms with Crippen LogP contribution in [-0.4, -0.2) is 38.0 Å². The molecule has 0 saturated carbocycles. The summed E-state index contributed by atoms with van der Waals surface area (Å²) >= 11 is 0. The van der Waals surface area contributed by atoms with E-state index in [1.54, 1.807) is 20.8 Å². The molecule has 0 aliphatic heterocycles. The number of rotatable bonds is 10. The maximum Gasteiger partial charge on any atom is 0.417 e. The zero-order chi connectivity index (χ0) is 34.2. The number of carbonyl (C=O) groups is 1. The molecule has 0 aliphatic rings. The molecule has 0 radical (unpaired) electrons. The summed E-state index contributed by atoms with van der Waals surface area (Å²) in [5.41, 5.74) is 0.350. The molecule has 0 saturated heterocycles. The lowest BCUT2D eigenvalue weighted by Crippen LogP contribution is -2.56. The Balaban J connectivity index is 1.84. The fraction of sp³-hybridized carbons (Fsp3) is 0.500. The minimum absolute atomic E-state index is 0.0629. The van der Waals surface area contributed by atoms with Crippen molar-refractivity contribution in [3.05, 3.63) is 58.4 Å². The second-order valence-corrected chi connectivity index (χ2v) is 13.0. The van der Waals surface area contributed by atoms with Crippen molar-refractivity contribution in [2.45, 2.75) is 65.9 Å². The van der Waals surface area contributed by atoms with Gasteiger partial charge in [-0.15, -0.1) is 0 Å². The summed E-state index contributed by atoms with van der Waals surface area (Å²) in [5, 5.41) is 0.199. The van der Waals surface area contributed by atoms with Crippen LogP contribution < -0.4 is 20.8 Å². The van der Waals surface area contributed by atoms with Gasteiger partial charge in [0.25, 0.3) is 0 Å². The smallest absolute Gasteiger partial charge is 0.417 e. The highest BCUT2D eigenvalue weighted by Gasteiger charge is 2.49. The molecule has 45 heavy (non-hydrogen) atoms. The van der Waals surface area contributed by atoms with Crippen LogP contribution in [0.4, 0.5) is 26.3 Å². The van der Waals surface area contributed by atoms with Gasteiger partial charge in [-0.05, 0) is 69.0 Å². The number of ether oxygens (including phenoxy) is 3. The van der Waals surface area contributed by atoms with Crippen LogP contribution in [0.25, 0.3) is 22.1 Å². The fourth-order valence-electron chi connectivity index (χ4n) is 4.88. The molecule has 2 unspecified atom stereocenters. The van der Waals surface area contributed by atoms with Crippen molar-refractivity contribution < 1.29 is 49.8 Å². The highest BCUT2D eigenvalue weighted by Crippen LogP contribution is 2.42. The number of fused-ring (bicyclic) bond motifs is 1. The number of esters is 1. The maximum atomic E-state index is 13.9. The van der Waals surface area contributed by atoms with E-state index in [9.17, 15) is 35.9 Å². The van der Waals surface area contributed by atoms with Crippen LogP contribution in [0.15, 0.2) is 51.7 Å². The van der Waals surface area contributed by atoms with Gasteiger partial charge in [-0.2, -0.15) is 26.3 Å². The van der Waals surface area contributed by atoms with Crippen LogP contribution in [0, 0.1) is 16.7 Å². The van der Waals surface area contributed by atoms with E-state index in [2.05, 4.69) is 0 Å². The van der Waals surface area contributed by atoms with Crippen molar-refractivity contribution in [2.24, 2.45) is 22.5 Å². The number of nitrogens with two attached hydrogens (primary N) is 1. The molecule has 0 amide bonds. The molecule has 2 aromatic carbocycles. The van der Waals surface area contributed by atoms with Gasteiger partial charge in [-0.1, -0.05) is 20.8 Å². The van der Waals surface area contributed by atoms with Gasteiger partial charge in [0, 0.05) is 22.6 Å². The van der Waals surface area contributed by atoms with Gasteiger partial charge >= 0.3 is 23.9 Å². The molecule has 248 valence electrons. The predicted molar refractivity (Wildman–Crippen MR) is 156 cm³/mol.